The van der Waals surface area contributed by atoms with Crippen molar-refractivity contribution in [1.29, 1.82) is 0 Å². The number of benzene rings is 5. The number of para-hydroxylation sites is 3. The number of anilines is 6. The lowest BCUT2D eigenvalue weighted by Gasteiger charge is -2.33. The molecule has 2 nitrogen and oxygen atoms in total. The molecule has 0 atom stereocenters. The highest BCUT2D eigenvalue weighted by atomic mass is 15.2. The minimum Gasteiger partial charge on any atom is -0.310 e. The molecule has 5 aromatic carbocycles. The van der Waals surface area contributed by atoms with Crippen molar-refractivity contribution in [3.8, 4) is 0 Å². The lowest BCUT2D eigenvalue weighted by atomic mass is 9.97. The highest BCUT2D eigenvalue weighted by Gasteiger charge is 2.22. The Morgan fingerprint density at radius 2 is 0.750 bits per heavy atom. The second kappa shape index (κ2) is 10.1. The van der Waals surface area contributed by atoms with E-state index in [4.69, 9.17) is 0 Å². The molecule has 0 saturated heterocycles. The van der Waals surface area contributed by atoms with Crippen LogP contribution in [-0.2, 0) is 0 Å². The molecular formula is C34H32N2. The Morgan fingerprint density at radius 1 is 0.361 bits per heavy atom. The lowest BCUT2D eigenvalue weighted by molar-refractivity contribution is 1.16. The molecule has 0 unspecified atom stereocenters. The third-order valence-electron chi connectivity index (χ3n) is 6.95. The number of hydrogen-bond acceptors (Lipinski definition) is 2. The average molecular weight is 469 g/mol. The third kappa shape index (κ3) is 4.50. The second-order valence-corrected chi connectivity index (χ2v) is 9.31. The topological polar surface area (TPSA) is 6.48 Å². The van der Waals surface area contributed by atoms with E-state index in [-0.39, 0.29) is 0 Å². The van der Waals surface area contributed by atoms with Crippen molar-refractivity contribution in [1.82, 2.24) is 0 Å². The van der Waals surface area contributed by atoms with Gasteiger partial charge >= 0.3 is 0 Å². The third-order valence-corrected chi connectivity index (χ3v) is 6.95. The molecule has 0 aliphatic heterocycles. The van der Waals surface area contributed by atoms with E-state index in [9.17, 15) is 0 Å². The van der Waals surface area contributed by atoms with Gasteiger partial charge in [-0.25, -0.2) is 0 Å². The van der Waals surface area contributed by atoms with E-state index in [0.717, 1.165) is 22.7 Å². The van der Waals surface area contributed by atoms with Crippen LogP contribution in [0.3, 0.4) is 0 Å². The van der Waals surface area contributed by atoms with Gasteiger partial charge < -0.3 is 9.80 Å². The predicted octanol–water partition coefficient (Wildman–Crippen LogP) is 9.86. The van der Waals surface area contributed by atoms with Gasteiger partial charge in [-0.1, -0.05) is 66.7 Å². The summed E-state index contributed by atoms with van der Waals surface area (Å²) < 4.78 is 0. The summed E-state index contributed by atoms with van der Waals surface area (Å²) >= 11 is 0. The smallest absolute Gasteiger partial charge is 0.0514 e. The van der Waals surface area contributed by atoms with Crippen molar-refractivity contribution >= 4 is 34.1 Å². The minimum atomic E-state index is 1.14. The van der Waals surface area contributed by atoms with Gasteiger partial charge in [-0.3, -0.25) is 0 Å². The molecule has 5 rings (SSSR count). The van der Waals surface area contributed by atoms with E-state index in [1.54, 1.807) is 0 Å². The van der Waals surface area contributed by atoms with E-state index >= 15 is 0 Å². The Kier molecular flexibility index (Phi) is 6.60. The van der Waals surface area contributed by atoms with Crippen LogP contribution < -0.4 is 9.80 Å². The molecule has 2 heteroatoms. The molecule has 0 saturated carbocycles. The van der Waals surface area contributed by atoms with Crippen LogP contribution in [0.4, 0.5) is 34.1 Å². The molecule has 36 heavy (non-hydrogen) atoms. The summed E-state index contributed by atoms with van der Waals surface area (Å²) in [5, 5.41) is 0. The van der Waals surface area contributed by atoms with E-state index in [1.807, 2.05) is 0 Å². The molecule has 0 bridgehead atoms. The summed E-state index contributed by atoms with van der Waals surface area (Å²) in [6, 6.07) is 43.0. The molecule has 0 heterocycles. The first kappa shape index (κ1) is 23.4. The highest BCUT2D eigenvalue weighted by Crippen LogP contribution is 2.45. The maximum absolute atomic E-state index is 2.38. The van der Waals surface area contributed by atoms with Crippen LogP contribution in [0, 0.1) is 27.7 Å². The van der Waals surface area contributed by atoms with Gasteiger partial charge in [-0.2, -0.15) is 0 Å². The SMILES string of the molecule is Cc1cccc(N(c2ccccc2)c2cc(N(c3ccccc3)c3ccccc3)c(C)c(C)c2C)c1. The Morgan fingerprint density at radius 3 is 1.17 bits per heavy atom. The molecule has 0 aliphatic carbocycles. The summed E-state index contributed by atoms with van der Waals surface area (Å²) in [7, 11) is 0. The first-order chi connectivity index (χ1) is 17.5. The van der Waals surface area contributed by atoms with Crippen molar-refractivity contribution < 1.29 is 0 Å². The zero-order chi connectivity index (χ0) is 25.1. The minimum absolute atomic E-state index is 1.14. The maximum atomic E-state index is 2.38. The summed E-state index contributed by atoms with van der Waals surface area (Å²) in [5.41, 5.74) is 12.0. The van der Waals surface area contributed by atoms with Gasteiger partial charge in [-0.05, 0) is 105 Å². The lowest BCUT2D eigenvalue weighted by Crippen LogP contribution is -2.16. The first-order valence-electron chi connectivity index (χ1n) is 12.5. The van der Waals surface area contributed by atoms with Crippen molar-refractivity contribution in [3.63, 3.8) is 0 Å². The van der Waals surface area contributed by atoms with Crippen molar-refractivity contribution in [2.75, 3.05) is 9.80 Å². The first-order valence-corrected chi connectivity index (χ1v) is 12.5. The zero-order valence-electron chi connectivity index (χ0n) is 21.4. The molecular weight excluding hydrogens is 436 g/mol. The molecule has 0 N–H and O–H groups in total. The van der Waals surface area contributed by atoms with Gasteiger partial charge in [-0.15, -0.1) is 0 Å². The number of hydrogen-bond donors (Lipinski definition) is 0. The van der Waals surface area contributed by atoms with E-state index < -0.39 is 0 Å². The Bertz CT molecular complexity index is 1420. The van der Waals surface area contributed by atoms with Gasteiger partial charge in [0, 0.05) is 22.7 Å². The van der Waals surface area contributed by atoms with Gasteiger partial charge in [0.2, 0.25) is 0 Å². The van der Waals surface area contributed by atoms with Crippen molar-refractivity contribution in [2.45, 2.75) is 27.7 Å². The largest absolute Gasteiger partial charge is 0.310 e. The van der Waals surface area contributed by atoms with Crippen LogP contribution >= 0.6 is 0 Å². The van der Waals surface area contributed by atoms with Gasteiger partial charge in [0.05, 0.1) is 11.4 Å². The fraction of sp³-hybridized carbons (Fsp3) is 0.118. The number of rotatable bonds is 6. The molecule has 178 valence electrons. The Hall–Kier alpha value is -4.30. The van der Waals surface area contributed by atoms with Gasteiger partial charge in [0.15, 0.2) is 0 Å². The Labute approximate surface area is 215 Å². The van der Waals surface area contributed by atoms with E-state index in [0.29, 0.717) is 0 Å². The maximum Gasteiger partial charge on any atom is 0.0514 e. The summed E-state index contributed by atoms with van der Waals surface area (Å²) in [6.07, 6.45) is 0. The second-order valence-electron chi connectivity index (χ2n) is 9.31. The monoisotopic (exact) mass is 468 g/mol. The Balaban J connectivity index is 1.78. The van der Waals surface area contributed by atoms with Crippen molar-refractivity contribution in [3.05, 3.63) is 144 Å². The normalized spacial score (nSPS) is 10.8. The molecule has 0 spiro atoms. The van der Waals surface area contributed by atoms with Crippen molar-refractivity contribution in [2.24, 2.45) is 0 Å². The van der Waals surface area contributed by atoms with Crippen LogP contribution in [0.1, 0.15) is 22.3 Å². The molecule has 0 fully saturated rings. The summed E-state index contributed by atoms with van der Waals surface area (Å²) in [4.78, 5) is 4.75. The van der Waals surface area contributed by atoms with Gasteiger partial charge in [0.1, 0.15) is 0 Å². The number of nitrogens with zero attached hydrogens (tertiary/aromatic N) is 2. The fourth-order valence-corrected chi connectivity index (χ4v) is 4.83. The van der Waals surface area contributed by atoms with Gasteiger partial charge in [0.25, 0.3) is 0 Å². The fourth-order valence-electron chi connectivity index (χ4n) is 4.83. The van der Waals surface area contributed by atoms with Crippen LogP contribution in [0.5, 0.6) is 0 Å². The molecule has 0 aromatic heterocycles. The van der Waals surface area contributed by atoms with Crippen LogP contribution in [0.15, 0.2) is 121 Å². The summed E-state index contributed by atoms with van der Waals surface area (Å²) in [5.74, 6) is 0. The number of aryl methyl sites for hydroxylation is 1. The molecule has 0 radical (unpaired) electrons. The van der Waals surface area contributed by atoms with Crippen LogP contribution in [0.25, 0.3) is 0 Å². The zero-order valence-corrected chi connectivity index (χ0v) is 21.4. The van der Waals surface area contributed by atoms with Crippen LogP contribution in [0.2, 0.25) is 0 Å². The molecule has 0 amide bonds. The quantitative estimate of drug-likeness (QED) is 0.245. The predicted molar refractivity (Wildman–Crippen MR) is 155 cm³/mol. The molecule has 5 aromatic rings. The van der Waals surface area contributed by atoms with E-state index in [1.165, 1.54) is 33.6 Å². The summed E-state index contributed by atoms with van der Waals surface area (Å²) in [6.45, 7) is 8.87. The molecule has 0 aliphatic rings. The standard InChI is InChI=1S/C34H32N2/c1-25-15-14-22-32(23-25)36(31-20-12-7-13-21-31)34-24-33(27(3)26(2)28(34)4)35(29-16-8-5-9-17-29)30-18-10-6-11-19-30/h5-24H,1-4H3. The highest BCUT2D eigenvalue weighted by molar-refractivity contribution is 5.87. The van der Waals surface area contributed by atoms with E-state index in [2.05, 4.69) is 159 Å². The average Bonchev–Trinajstić information content (AvgIpc) is 2.92. The van der Waals surface area contributed by atoms with Crippen LogP contribution in [-0.4, -0.2) is 0 Å².